The fraction of sp³-hybridized carbons (Fsp3) is 0.278. The Morgan fingerprint density at radius 1 is 0.773 bits per heavy atom. The van der Waals surface area contributed by atoms with Gasteiger partial charge in [-0.05, 0) is 61.2 Å². The van der Waals surface area contributed by atoms with Crippen LogP contribution in [0.2, 0.25) is 0 Å². The highest BCUT2D eigenvalue weighted by atomic mass is 32.2. The zero-order chi connectivity index (χ0) is 31.5. The van der Waals surface area contributed by atoms with E-state index in [-0.39, 0.29) is 23.8 Å². The minimum absolute atomic E-state index is 0.0811. The zero-order valence-corrected chi connectivity index (χ0v) is 26.5. The molecular weight excluding hydrogens is 570 g/mol. The topological polar surface area (TPSA) is 86.8 Å². The minimum atomic E-state index is -4.12. The van der Waals surface area contributed by atoms with Crippen molar-refractivity contribution in [1.82, 2.24) is 10.2 Å². The Hall–Kier alpha value is -4.43. The molecule has 0 spiro atoms. The summed E-state index contributed by atoms with van der Waals surface area (Å²) >= 11 is 0. The van der Waals surface area contributed by atoms with E-state index in [4.69, 9.17) is 0 Å². The highest BCUT2D eigenvalue weighted by Crippen LogP contribution is 2.26. The maximum atomic E-state index is 14.5. The van der Waals surface area contributed by atoms with Crippen LogP contribution in [0.3, 0.4) is 0 Å². The van der Waals surface area contributed by atoms with E-state index in [1.807, 2.05) is 81.4 Å². The molecule has 230 valence electrons. The van der Waals surface area contributed by atoms with Crippen molar-refractivity contribution < 1.29 is 18.0 Å². The Morgan fingerprint density at radius 3 is 2.07 bits per heavy atom. The summed E-state index contributed by atoms with van der Waals surface area (Å²) in [4.78, 5) is 29.9. The number of rotatable bonds is 14. The molecule has 7 nitrogen and oxygen atoms in total. The maximum absolute atomic E-state index is 14.5. The van der Waals surface area contributed by atoms with Crippen LogP contribution in [0.1, 0.15) is 42.0 Å². The van der Waals surface area contributed by atoms with E-state index in [0.717, 1.165) is 39.4 Å². The Morgan fingerprint density at radius 2 is 1.43 bits per heavy atom. The summed E-state index contributed by atoms with van der Waals surface area (Å²) in [6, 6.07) is 31.7. The number of anilines is 1. The van der Waals surface area contributed by atoms with Gasteiger partial charge in [-0.3, -0.25) is 13.9 Å². The average molecular weight is 612 g/mol. The maximum Gasteiger partial charge on any atom is 0.264 e. The van der Waals surface area contributed by atoms with Crippen LogP contribution in [0.5, 0.6) is 0 Å². The summed E-state index contributed by atoms with van der Waals surface area (Å²) in [6.45, 7) is 6.07. The summed E-state index contributed by atoms with van der Waals surface area (Å²) in [5, 5.41) is 3.02. The van der Waals surface area contributed by atoms with Gasteiger partial charge in [-0.2, -0.15) is 0 Å². The van der Waals surface area contributed by atoms with Gasteiger partial charge in [0, 0.05) is 19.5 Å². The molecule has 0 aliphatic rings. The Bertz CT molecular complexity index is 1630. The first-order valence-corrected chi connectivity index (χ1v) is 16.4. The largest absolute Gasteiger partial charge is 0.354 e. The number of hydrogen-bond donors (Lipinski definition) is 1. The number of nitrogens with zero attached hydrogens (tertiary/aromatic N) is 2. The molecule has 8 heteroatoms. The highest BCUT2D eigenvalue weighted by molar-refractivity contribution is 7.92. The molecule has 0 unspecified atom stereocenters. The van der Waals surface area contributed by atoms with Gasteiger partial charge in [-0.25, -0.2) is 8.42 Å². The second-order valence-corrected chi connectivity index (χ2v) is 12.9. The van der Waals surface area contributed by atoms with Crippen LogP contribution in [-0.2, 0) is 32.6 Å². The van der Waals surface area contributed by atoms with Crippen LogP contribution in [0.4, 0.5) is 5.69 Å². The quantitative estimate of drug-likeness (QED) is 0.176. The van der Waals surface area contributed by atoms with Crippen molar-refractivity contribution in [2.75, 3.05) is 17.4 Å². The van der Waals surface area contributed by atoms with Gasteiger partial charge in [0.15, 0.2) is 0 Å². The van der Waals surface area contributed by atoms with Crippen LogP contribution in [-0.4, -0.2) is 44.3 Å². The Labute approximate surface area is 261 Å². The van der Waals surface area contributed by atoms with Gasteiger partial charge >= 0.3 is 0 Å². The minimum Gasteiger partial charge on any atom is -0.354 e. The predicted molar refractivity (Wildman–Crippen MR) is 176 cm³/mol. The van der Waals surface area contributed by atoms with Crippen molar-refractivity contribution in [1.29, 1.82) is 0 Å². The van der Waals surface area contributed by atoms with E-state index in [9.17, 15) is 18.0 Å². The molecule has 0 aliphatic heterocycles. The Kier molecular flexibility index (Phi) is 11.3. The summed E-state index contributed by atoms with van der Waals surface area (Å²) in [6.07, 6.45) is 2.01. The lowest BCUT2D eigenvalue weighted by Crippen LogP contribution is -2.53. The molecule has 0 heterocycles. The normalized spacial score (nSPS) is 11.9. The highest BCUT2D eigenvalue weighted by Gasteiger charge is 2.34. The molecule has 0 fully saturated rings. The van der Waals surface area contributed by atoms with Gasteiger partial charge in [0.05, 0.1) is 10.6 Å². The van der Waals surface area contributed by atoms with E-state index in [0.29, 0.717) is 12.2 Å². The standard InChI is InChI=1S/C36H41N3O4S/c1-4-5-23-37-36(41)34(25-30-14-8-6-9-15-30)38(26-31-21-19-28(2)20-22-31)35(40)27-39(32-16-12-13-29(3)24-32)44(42,43)33-17-10-7-11-18-33/h6-22,24,34H,4-5,23,25-27H2,1-3H3,(H,37,41)/t34-/m1/s1. The van der Waals surface area contributed by atoms with Crippen molar-refractivity contribution in [3.05, 3.63) is 131 Å². The molecular formula is C36H41N3O4S. The molecule has 44 heavy (non-hydrogen) atoms. The average Bonchev–Trinajstić information content (AvgIpc) is 3.03. The van der Waals surface area contributed by atoms with E-state index in [1.54, 1.807) is 36.4 Å². The molecule has 0 radical (unpaired) electrons. The molecule has 1 N–H and O–H groups in total. The first-order valence-electron chi connectivity index (χ1n) is 15.0. The third-order valence-corrected chi connectivity index (χ3v) is 9.26. The van der Waals surface area contributed by atoms with Crippen molar-refractivity contribution in [2.45, 2.75) is 57.5 Å². The molecule has 4 rings (SSSR count). The lowest BCUT2D eigenvalue weighted by Gasteiger charge is -2.34. The third-order valence-electron chi connectivity index (χ3n) is 7.47. The smallest absolute Gasteiger partial charge is 0.264 e. The van der Waals surface area contributed by atoms with Crippen LogP contribution < -0.4 is 9.62 Å². The molecule has 4 aromatic carbocycles. The Balaban J connectivity index is 1.78. The van der Waals surface area contributed by atoms with Gasteiger partial charge in [0.2, 0.25) is 11.8 Å². The van der Waals surface area contributed by atoms with Gasteiger partial charge in [-0.1, -0.05) is 104 Å². The second-order valence-electron chi connectivity index (χ2n) is 11.0. The number of benzene rings is 4. The van der Waals surface area contributed by atoms with E-state index >= 15 is 0 Å². The molecule has 1 atom stereocenters. The number of nitrogens with one attached hydrogen (secondary N) is 1. The zero-order valence-electron chi connectivity index (χ0n) is 25.6. The van der Waals surface area contributed by atoms with Crippen LogP contribution >= 0.6 is 0 Å². The predicted octanol–water partition coefficient (Wildman–Crippen LogP) is 6.06. The molecule has 4 aromatic rings. The summed E-state index contributed by atoms with van der Waals surface area (Å²) < 4.78 is 29.2. The molecule has 0 bridgehead atoms. The first-order chi connectivity index (χ1) is 21.2. The van der Waals surface area contributed by atoms with Crippen molar-refractivity contribution in [2.24, 2.45) is 0 Å². The number of unbranched alkanes of at least 4 members (excludes halogenated alkanes) is 1. The lowest BCUT2D eigenvalue weighted by atomic mass is 10.0. The van der Waals surface area contributed by atoms with Crippen molar-refractivity contribution >= 4 is 27.5 Å². The molecule has 0 aliphatic carbocycles. The molecule has 2 amide bonds. The van der Waals surface area contributed by atoms with Crippen molar-refractivity contribution in [3.63, 3.8) is 0 Å². The monoisotopic (exact) mass is 611 g/mol. The van der Waals surface area contributed by atoms with Crippen molar-refractivity contribution in [3.8, 4) is 0 Å². The molecule has 0 saturated heterocycles. The number of aryl methyl sites for hydroxylation is 2. The fourth-order valence-corrected chi connectivity index (χ4v) is 6.41. The number of carbonyl (C=O) groups is 2. The van der Waals surface area contributed by atoms with Gasteiger partial charge in [0.1, 0.15) is 12.6 Å². The van der Waals surface area contributed by atoms with E-state index in [1.165, 1.54) is 17.0 Å². The summed E-state index contributed by atoms with van der Waals surface area (Å²) in [7, 11) is -4.12. The molecule has 0 aromatic heterocycles. The lowest BCUT2D eigenvalue weighted by molar-refractivity contribution is -0.140. The fourth-order valence-electron chi connectivity index (χ4n) is 4.98. The first kappa shape index (κ1) is 32.5. The number of sulfonamides is 1. The van der Waals surface area contributed by atoms with Gasteiger partial charge in [-0.15, -0.1) is 0 Å². The summed E-state index contributed by atoms with van der Waals surface area (Å²) in [5.74, 6) is -0.742. The van der Waals surface area contributed by atoms with E-state index in [2.05, 4.69) is 5.32 Å². The molecule has 0 saturated carbocycles. The third kappa shape index (κ3) is 8.57. The van der Waals surface area contributed by atoms with Crippen LogP contribution in [0.15, 0.2) is 114 Å². The van der Waals surface area contributed by atoms with Crippen LogP contribution in [0, 0.1) is 13.8 Å². The SMILES string of the molecule is CCCCNC(=O)[C@@H](Cc1ccccc1)N(Cc1ccc(C)cc1)C(=O)CN(c1cccc(C)c1)S(=O)(=O)c1ccccc1. The number of hydrogen-bond acceptors (Lipinski definition) is 4. The van der Waals surface area contributed by atoms with E-state index < -0.39 is 28.5 Å². The number of carbonyl (C=O) groups excluding carboxylic acids is 2. The van der Waals surface area contributed by atoms with Gasteiger partial charge in [0.25, 0.3) is 10.0 Å². The van der Waals surface area contributed by atoms with Gasteiger partial charge < -0.3 is 10.2 Å². The summed E-state index contributed by atoms with van der Waals surface area (Å²) in [5.41, 5.74) is 4.06. The second kappa shape index (κ2) is 15.3. The van der Waals surface area contributed by atoms with Crippen LogP contribution in [0.25, 0.3) is 0 Å². The number of amides is 2.